The van der Waals surface area contributed by atoms with Crippen molar-refractivity contribution >= 4 is 31.9 Å². The van der Waals surface area contributed by atoms with Gasteiger partial charge in [-0.25, -0.2) is 4.39 Å². The molecule has 0 bridgehead atoms. The summed E-state index contributed by atoms with van der Waals surface area (Å²) in [5.74, 6) is 0. The van der Waals surface area contributed by atoms with Crippen molar-refractivity contribution in [1.82, 2.24) is 0 Å². The molecule has 1 unspecified atom stereocenters. The molecule has 0 aromatic carbocycles. The Hall–Kier alpha value is 0.540. The first-order valence-electron chi connectivity index (χ1n) is 1.95. The van der Waals surface area contributed by atoms with Crippen LogP contribution >= 0.6 is 31.9 Å². The Morgan fingerprint density at radius 3 is 1.00 bits per heavy atom. The van der Waals surface area contributed by atoms with Gasteiger partial charge in [0.2, 0.25) is 5.08 Å². The van der Waals surface area contributed by atoms with Crippen LogP contribution in [0, 0.1) is 0 Å². The summed E-state index contributed by atoms with van der Waals surface area (Å²) in [6, 6.07) is 0. The average molecular weight is 312 g/mol. The fourth-order valence-electron chi connectivity index (χ4n) is 0. The fraction of sp³-hybridized carbons (Fsp3) is 1.00. The Bertz CT molecular complexity index is 85.6. The van der Waals surface area contributed by atoms with Crippen molar-refractivity contribution in [3.63, 3.8) is 0 Å². The molecule has 0 radical (unpaired) electrons. The van der Waals surface area contributed by atoms with Crippen molar-refractivity contribution in [2.45, 2.75) is 16.6 Å². The highest BCUT2D eigenvalue weighted by Gasteiger charge is 2.37. The largest absolute Gasteiger partial charge is 0.429 e. The average Bonchev–Trinajstić information content (AvgIpc) is 1.59. The van der Waals surface area contributed by atoms with Crippen molar-refractivity contribution in [2.24, 2.45) is 0 Å². The lowest BCUT2D eigenvalue weighted by atomic mass is 10.8. The topological polar surface area (TPSA) is 0 Å². The van der Waals surface area contributed by atoms with Gasteiger partial charge in [-0.3, -0.25) is 0 Å². The van der Waals surface area contributed by atoms with E-state index < -0.39 is 16.6 Å². The standard InChI is InChI=1S/C2HBrF4.CHBrF2/c3-1(4)2(5,6)7;2-1(3)4/h1H;1H. The van der Waals surface area contributed by atoms with Crippen molar-refractivity contribution in [1.29, 1.82) is 0 Å². The van der Waals surface area contributed by atoms with Gasteiger partial charge in [-0.15, -0.1) is 0 Å². The van der Waals surface area contributed by atoms with Crippen molar-refractivity contribution in [3.8, 4) is 0 Å². The first-order valence-corrected chi connectivity index (χ1v) is 3.78. The van der Waals surface area contributed by atoms with Gasteiger partial charge in [0.25, 0.3) is 5.33 Å². The monoisotopic (exact) mass is 310 g/mol. The molecule has 8 heteroatoms. The number of alkyl halides is 8. The van der Waals surface area contributed by atoms with Gasteiger partial charge >= 0.3 is 6.18 Å². The van der Waals surface area contributed by atoms with E-state index in [0.29, 0.717) is 0 Å². The van der Waals surface area contributed by atoms with E-state index in [-0.39, 0.29) is 0 Å². The first-order chi connectivity index (χ1) is 4.68. The lowest BCUT2D eigenvalue weighted by molar-refractivity contribution is -0.151. The third-order valence-corrected chi connectivity index (χ3v) is 0.767. The molecule has 0 amide bonds. The predicted octanol–water partition coefficient (Wildman–Crippen LogP) is 3.84. The summed E-state index contributed by atoms with van der Waals surface area (Å²) >= 11 is 3.64. The van der Waals surface area contributed by atoms with E-state index in [0.717, 1.165) is 0 Å². The Morgan fingerprint density at radius 2 is 1.00 bits per heavy atom. The molecule has 0 aliphatic carbocycles. The molecule has 0 spiro atoms. The minimum absolute atomic E-state index is 1.70. The van der Waals surface area contributed by atoms with Crippen LogP contribution in [-0.4, -0.2) is 16.6 Å². The highest BCUT2D eigenvalue weighted by molar-refractivity contribution is 9.09. The van der Waals surface area contributed by atoms with Crippen LogP contribution in [-0.2, 0) is 0 Å². The Kier molecular flexibility index (Phi) is 7.81. The molecule has 0 fully saturated rings. The van der Waals surface area contributed by atoms with E-state index in [2.05, 4.69) is 0 Å². The zero-order chi connectivity index (χ0) is 9.65. The van der Waals surface area contributed by atoms with Crippen LogP contribution in [0.15, 0.2) is 0 Å². The lowest BCUT2D eigenvalue weighted by Gasteiger charge is -2.02. The second-order valence-electron chi connectivity index (χ2n) is 1.09. The van der Waals surface area contributed by atoms with Crippen LogP contribution in [0.3, 0.4) is 0 Å². The summed E-state index contributed by atoms with van der Waals surface area (Å²) in [7, 11) is 0. The van der Waals surface area contributed by atoms with Crippen LogP contribution in [0.5, 0.6) is 0 Å². The SMILES string of the molecule is FC(Br)C(F)(F)F.FC(F)Br. The molecule has 0 rings (SSSR count). The fourth-order valence-corrected chi connectivity index (χ4v) is 0. The molecule has 0 saturated carbocycles. The van der Waals surface area contributed by atoms with Crippen LogP contribution in [0.4, 0.5) is 26.3 Å². The quantitative estimate of drug-likeness (QED) is 0.471. The van der Waals surface area contributed by atoms with E-state index in [1.54, 1.807) is 15.9 Å². The van der Waals surface area contributed by atoms with E-state index >= 15 is 0 Å². The number of hydrogen-bond acceptors (Lipinski definition) is 0. The van der Waals surface area contributed by atoms with Crippen LogP contribution in [0.1, 0.15) is 0 Å². The molecule has 11 heavy (non-hydrogen) atoms. The van der Waals surface area contributed by atoms with Gasteiger partial charge in [0.1, 0.15) is 0 Å². The predicted molar refractivity (Wildman–Crippen MR) is 34.8 cm³/mol. The molecule has 70 valence electrons. The second-order valence-corrected chi connectivity index (χ2v) is 2.59. The highest BCUT2D eigenvalue weighted by atomic mass is 79.9. The number of rotatable bonds is 0. The summed E-state index contributed by atoms with van der Waals surface area (Å²) < 4.78 is 63.8. The van der Waals surface area contributed by atoms with Crippen LogP contribution < -0.4 is 0 Å². The van der Waals surface area contributed by atoms with Gasteiger partial charge in [0.15, 0.2) is 0 Å². The normalized spacial score (nSPS) is 13.9. The Balaban J connectivity index is 0. The van der Waals surface area contributed by atoms with Crippen molar-refractivity contribution < 1.29 is 26.3 Å². The second kappa shape index (κ2) is 6.10. The maximum atomic E-state index is 11.0. The van der Waals surface area contributed by atoms with Crippen molar-refractivity contribution in [3.05, 3.63) is 0 Å². The van der Waals surface area contributed by atoms with Crippen molar-refractivity contribution in [2.75, 3.05) is 0 Å². The molecule has 0 aliphatic rings. The minimum Gasteiger partial charge on any atom is -0.225 e. The zero-order valence-corrected chi connectivity index (χ0v) is 7.85. The van der Waals surface area contributed by atoms with E-state index in [9.17, 15) is 26.3 Å². The molecule has 0 nitrogen and oxygen atoms in total. The Morgan fingerprint density at radius 1 is 0.909 bits per heavy atom. The summed E-state index contributed by atoms with van der Waals surface area (Å²) in [5, 5.41) is -5.24. The molecule has 0 aliphatic heterocycles. The van der Waals surface area contributed by atoms with Gasteiger partial charge < -0.3 is 0 Å². The van der Waals surface area contributed by atoms with E-state index in [1.807, 2.05) is 15.9 Å². The van der Waals surface area contributed by atoms with Crippen LogP contribution in [0.25, 0.3) is 0 Å². The molecular weight excluding hydrogens is 310 g/mol. The summed E-state index contributed by atoms with van der Waals surface area (Å²) in [5.41, 5.74) is 0. The molecule has 0 aromatic heterocycles. The number of hydrogen-bond donors (Lipinski definition) is 0. The molecule has 1 atom stereocenters. The van der Waals surface area contributed by atoms with Crippen LogP contribution in [0.2, 0.25) is 0 Å². The molecule has 0 saturated heterocycles. The molecule has 0 N–H and O–H groups in total. The summed E-state index contributed by atoms with van der Waals surface area (Å²) in [4.78, 5) is 0. The van der Waals surface area contributed by atoms with E-state index in [4.69, 9.17) is 0 Å². The molecule has 0 aromatic rings. The highest BCUT2D eigenvalue weighted by Crippen LogP contribution is 2.26. The van der Waals surface area contributed by atoms with Gasteiger partial charge in [0, 0.05) is 0 Å². The third kappa shape index (κ3) is 18.0. The maximum Gasteiger partial charge on any atom is 0.429 e. The Labute approximate surface area is 75.2 Å². The smallest absolute Gasteiger partial charge is 0.225 e. The maximum absolute atomic E-state index is 11.0. The summed E-state index contributed by atoms with van der Waals surface area (Å²) in [6.07, 6.45) is -4.75. The number of halogens is 8. The van der Waals surface area contributed by atoms with Gasteiger partial charge in [-0.1, -0.05) is 0 Å². The minimum atomic E-state index is -4.75. The lowest BCUT2D eigenvalue weighted by Crippen LogP contribution is -2.17. The summed E-state index contributed by atoms with van der Waals surface area (Å²) in [6.45, 7) is 0. The zero-order valence-electron chi connectivity index (χ0n) is 4.68. The van der Waals surface area contributed by atoms with E-state index in [1.165, 1.54) is 0 Å². The molecule has 0 heterocycles. The molecular formula is C3H2Br2F6. The third-order valence-electron chi connectivity index (χ3n) is 0.247. The van der Waals surface area contributed by atoms with Gasteiger partial charge in [-0.05, 0) is 31.9 Å². The first kappa shape index (κ1) is 14.1. The van der Waals surface area contributed by atoms with Gasteiger partial charge in [-0.2, -0.15) is 22.0 Å². The van der Waals surface area contributed by atoms with Gasteiger partial charge in [0.05, 0.1) is 0 Å².